The Balaban J connectivity index is 2.42. The first-order chi connectivity index (χ1) is 9.54. The number of carbonyl (C=O) groups is 1. The minimum absolute atomic E-state index is 0.214. The number of aromatic nitrogens is 1. The molecule has 5 nitrogen and oxygen atoms in total. The lowest BCUT2D eigenvalue weighted by Gasteiger charge is -2.20. The smallest absolute Gasteiger partial charge is 0.340 e. The lowest BCUT2D eigenvalue weighted by molar-refractivity contribution is 0.0602. The van der Waals surface area contributed by atoms with Crippen molar-refractivity contribution in [3.05, 3.63) is 47.9 Å². The summed E-state index contributed by atoms with van der Waals surface area (Å²) in [6, 6.07) is 7.37. The number of rotatable bonds is 3. The van der Waals surface area contributed by atoms with Crippen LogP contribution in [0.15, 0.2) is 36.5 Å². The van der Waals surface area contributed by atoms with Crippen LogP contribution in [0.25, 0.3) is 0 Å². The zero-order chi connectivity index (χ0) is 14.7. The van der Waals surface area contributed by atoms with E-state index in [1.54, 1.807) is 24.1 Å². The fourth-order valence-corrected chi connectivity index (χ4v) is 1.80. The molecule has 20 heavy (non-hydrogen) atoms. The molecule has 0 fully saturated rings. The van der Waals surface area contributed by atoms with Crippen molar-refractivity contribution in [3.63, 3.8) is 0 Å². The van der Waals surface area contributed by atoms with Crippen LogP contribution in [-0.2, 0) is 4.74 Å². The van der Waals surface area contributed by atoms with Crippen LogP contribution in [0, 0.1) is 5.82 Å². The number of nitrogens with zero attached hydrogens (tertiary/aromatic N) is 2. The molecule has 0 aliphatic carbocycles. The van der Waals surface area contributed by atoms with E-state index in [-0.39, 0.29) is 17.1 Å². The van der Waals surface area contributed by atoms with Gasteiger partial charge in [-0.05, 0) is 30.3 Å². The molecule has 0 amide bonds. The molecule has 0 unspecified atom stereocenters. The van der Waals surface area contributed by atoms with Crippen molar-refractivity contribution in [2.75, 3.05) is 24.8 Å². The number of ether oxygens (including phenoxy) is 1. The topological polar surface area (TPSA) is 68.5 Å². The molecule has 1 aromatic carbocycles. The standard InChI is InChI=1S/C14H14FN3O2/c1-18(10-5-3-9(15)4-6-10)13-12(16)11(7-8-17-13)14(19)20-2/h3-8H,16H2,1-2H3. The minimum atomic E-state index is -0.529. The molecule has 0 spiro atoms. The van der Waals surface area contributed by atoms with Crippen molar-refractivity contribution in [3.8, 4) is 0 Å². The van der Waals surface area contributed by atoms with E-state index in [9.17, 15) is 9.18 Å². The van der Waals surface area contributed by atoms with Crippen LogP contribution in [0.1, 0.15) is 10.4 Å². The van der Waals surface area contributed by atoms with E-state index in [0.29, 0.717) is 11.5 Å². The molecule has 1 heterocycles. The van der Waals surface area contributed by atoms with Gasteiger partial charge in [0.2, 0.25) is 0 Å². The van der Waals surface area contributed by atoms with Gasteiger partial charge in [-0.15, -0.1) is 0 Å². The van der Waals surface area contributed by atoms with Crippen LogP contribution >= 0.6 is 0 Å². The lowest BCUT2D eigenvalue weighted by Crippen LogP contribution is -2.16. The number of nitrogens with two attached hydrogens (primary N) is 1. The van der Waals surface area contributed by atoms with Gasteiger partial charge in [0.1, 0.15) is 5.82 Å². The first kappa shape index (κ1) is 13.8. The maximum Gasteiger partial charge on any atom is 0.340 e. The fourth-order valence-electron chi connectivity index (χ4n) is 1.80. The number of benzene rings is 1. The molecule has 0 aliphatic rings. The second kappa shape index (κ2) is 5.56. The van der Waals surface area contributed by atoms with Crippen molar-refractivity contribution in [2.24, 2.45) is 0 Å². The molecule has 0 bridgehead atoms. The molecule has 2 aromatic rings. The number of halogens is 1. The number of carbonyl (C=O) groups excluding carboxylic acids is 1. The minimum Gasteiger partial charge on any atom is -0.465 e. The SMILES string of the molecule is COC(=O)c1ccnc(N(C)c2ccc(F)cc2)c1N. The van der Waals surface area contributed by atoms with Crippen molar-refractivity contribution >= 4 is 23.2 Å². The normalized spacial score (nSPS) is 10.2. The van der Waals surface area contributed by atoms with E-state index >= 15 is 0 Å². The summed E-state index contributed by atoms with van der Waals surface area (Å²) in [6.45, 7) is 0. The summed E-state index contributed by atoms with van der Waals surface area (Å²) in [5.41, 5.74) is 7.11. The van der Waals surface area contributed by atoms with E-state index in [1.165, 1.54) is 31.5 Å². The van der Waals surface area contributed by atoms with Gasteiger partial charge in [-0.1, -0.05) is 0 Å². The van der Waals surface area contributed by atoms with Crippen LogP contribution in [-0.4, -0.2) is 25.1 Å². The average molecular weight is 275 g/mol. The van der Waals surface area contributed by atoms with Crippen molar-refractivity contribution < 1.29 is 13.9 Å². The summed E-state index contributed by atoms with van der Waals surface area (Å²) < 4.78 is 17.6. The van der Waals surface area contributed by atoms with Gasteiger partial charge in [-0.2, -0.15) is 0 Å². The van der Waals surface area contributed by atoms with Crippen LogP contribution in [0.2, 0.25) is 0 Å². The van der Waals surface area contributed by atoms with Gasteiger partial charge < -0.3 is 15.4 Å². The number of esters is 1. The summed E-state index contributed by atoms with van der Waals surface area (Å²) in [6.07, 6.45) is 1.47. The van der Waals surface area contributed by atoms with Crippen molar-refractivity contribution in [1.29, 1.82) is 0 Å². The van der Waals surface area contributed by atoms with Gasteiger partial charge in [0.05, 0.1) is 18.4 Å². The Kier molecular flexibility index (Phi) is 3.84. The summed E-state index contributed by atoms with van der Waals surface area (Å²) in [5, 5.41) is 0. The zero-order valence-electron chi connectivity index (χ0n) is 11.1. The molecule has 0 atom stereocenters. The van der Waals surface area contributed by atoms with Crippen molar-refractivity contribution in [2.45, 2.75) is 0 Å². The summed E-state index contributed by atoms with van der Waals surface area (Å²) in [7, 11) is 3.01. The monoisotopic (exact) mass is 275 g/mol. The third-order valence-electron chi connectivity index (χ3n) is 2.91. The second-order valence-electron chi connectivity index (χ2n) is 4.12. The second-order valence-corrected chi connectivity index (χ2v) is 4.12. The van der Waals surface area contributed by atoms with Gasteiger partial charge in [0.15, 0.2) is 5.82 Å². The first-order valence-corrected chi connectivity index (χ1v) is 5.86. The number of methoxy groups -OCH3 is 1. The molecule has 1 aromatic heterocycles. The number of anilines is 3. The largest absolute Gasteiger partial charge is 0.465 e. The molecule has 2 N–H and O–H groups in total. The van der Waals surface area contributed by atoms with E-state index < -0.39 is 5.97 Å². The highest BCUT2D eigenvalue weighted by atomic mass is 19.1. The molecular weight excluding hydrogens is 261 g/mol. The Morgan fingerprint density at radius 1 is 1.30 bits per heavy atom. The molecule has 0 saturated heterocycles. The van der Waals surface area contributed by atoms with Gasteiger partial charge in [0, 0.05) is 18.9 Å². The van der Waals surface area contributed by atoms with Crippen LogP contribution in [0.4, 0.5) is 21.6 Å². The molecule has 0 aliphatic heterocycles. The molecular formula is C14H14FN3O2. The van der Waals surface area contributed by atoms with Gasteiger partial charge in [-0.25, -0.2) is 14.2 Å². The highest BCUT2D eigenvalue weighted by Crippen LogP contribution is 2.29. The zero-order valence-corrected chi connectivity index (χ0v) is 11.1. The van der Waals surface area contributed by atoms with E-state index in [4.69, 9.17) is 5.73 Å². The maximum absolute atomic E-state index is 12.9. The summed E-state index contributed by atoms with van der Waals surface area (Å²) in [4.78, 5) is 17.4. The number of hydrogen-bond donors (Lipinski definition) is 1. The van der Waals surface area contributed by atoms with E-state index in [0.717, 1.165) is 0 Å². The van der Waals surface area contributed by atoms with Crippen molar-refractivity contribution in [1.82, 2.24) is 4.98 Å². The fraction of sp³-hybridized carbons (Fsp3) is 0.143. The molecule has 104 valence electrons. The molecule has 6 heteroatoms. The predicted molar refractivity (Wildman–Crippen MR) is 74.5 cm³/mol. The summed E-state index contributed by atoms with van der Waals surface area (Å²) in [5.74, 6) is -0.454. The Labute approximate surface area is 115 Å². The Bertz CT molecular complexity index is 629. The summed E-state index contributed by atoms with van der Waals surface area (Å²) >= 11 is 0. The van der Waals surface area contributed by atoms with Gasteiger partial charge in [-0.3, -0.25) is 0 Å². The van der Waals surface area contributed by atoms with E-state index in [2.05, 4.69) is 9.72 Å². The lowest BCUT2D eigenvalue weighted by atomic mass is 10.2. The molecule has 0 saturated carbocycles. The maximum atomic E-state index is 12.9. The van der Waals surface area contributed by atoms with Gasteiger partial charge >= 0.3 is 5.97 Å². The molecule has 0 radical (unpaired) electrons. The van der Waals surface area contributed by atoms with Crippen LogP contribution < -0.4 is 10.6 Å². The Morgan fingerprint density at radius 2 is 1.95 bits per heavy atom. The Hall–Kier alpha value is -2.63. The number of hydrogen-bond acceptors (Lipinski definition) is 5. The van der Waals surface area contributed by atoms with Crippen LogP contribution in [0.5, 0.6) is 0 Å². The van der Waals surface area contributed by atoms with Gasteiger partial charge in [0.25, 0.3) is 0 Å². The molecule has 2 rings (SSSR count). The highest BCUT2D eigenvalue weighted by Gasteiger charge is 2.17. The number of pyridine rings is 1. The van der Waals surface area contributed by atoms with Crippen LogP contribution in [0.3, 0.4) is 0 Å². The third-order valence-corrected chi connectivity index (χ3v) is 2.91. The van der Waals surface area contributed by atoms with E-state index in [1.807, 2.05) is 0 Å². The average Bonchev–Trinajstić information content (AvgIpc) is 2.47. The number of nitrogen functional groups attached to an aromatic ring is 1. The Morgan fingerprint density at radius 3 is 2.55 bits per heavy atom. The first-order valence-electron chi connectivity index (χ1n) is 5.86. The highest BCUT2D eigenvalue weighted by molar-refractivity contribution is 5.98. The predicted octanol–water partition coefficient (Wildman–Crippen LogP) is 2.36. The third kappa shape index (κ3) is 2.54. The quantitative estimate of drug-likeness (QED) is 0.871.